The van der Waals surface area contributed by atoms with Crippen LogP contribution < -0.4 is 14.2 Å². The first kappa shape index (κ1) is 27.5. The number of aliphatic hydroxyl groups excluding tert-OH is 1. The summed E-state index contributed by atoms with van der Waals surface area (Å²) < 4.78 is 24.4. The SMILES string of the molecule is CCOCOc1c(-c2ccccc2OCCCCOc2ccccc2C2=CSC(Br)C2O)csc1Br. The maximum Gasteiger partial charge on any atom is 0.189 e. The molecule has 1 aliphatic heterocycles. The third-order valence-electron chi connectivity index (χ3n) is 5.52. The van der Waals surface area contributed by atoms with Crippen LogP contribution in [0.2, 0.25) is 0 Å². The molecule has 1 aliphatic rings. The molecular weight excluding hydrogens is 628 g/mol. The number of para-hydroxylation sites is 2. The third-order valence-corrected chi connectivity index (χ3v) is 9.24. The van der Waals surface area contributed by atoms with Crippen molar-refractivity contribution in [1.29, 1.82) is 0 Å². The third kappa shape index (κ3) is 6.88. The Morgan fingerprint density at radius 1 is 0.889 bits per heavy atom. The average Bonchev–Trinajstić information content (AvgIpc) is 3.43. The van der Waals surface area contributed by atoms with Gasteiger partial charge in [0.05, 0.1) is 17.4 Å². The molecule has 2 atom stereocenters. The Balaban J connectivity index is 1.30. The molecule has 0 aliphatic carbocycles. The molecule has 0 saturated carbocycles. The monoisotopic (exact) mass is 654 g/mol. The summed E-state index contributed by atoms with van der Waals surface area (Å²) in [6.07, 6.45) is 1.14. The van der Waals surface area contributed by atoms with Gasteiger partial charge >= 0.3 is 0 Å². The van der Waals surface area contributed by atoms with E-state index < -0.39 is 6.10 Å². The van der Waals surface area contributed by atoms with E-state index in [1.165, 1.54) is 0 Å². The number of benzene rings is 2. The van der Waals surface area contributed by atoms with Gasteiger partial charge in [0.15, 0.2) is 12.5 Å². The van der Waals surface area contributed by atoms with Crippen molar-refractivity contribution >= 4 is 60.5 Å². The summed E-state index contributed by atoms with van der Waals surface area (Å²) in [7, 11) is 0. The van der Waals surface area contributed by atoms with E-state index >= 15 is 0 Å². The second-order valence-corrected chi connectivity index (χ2v) is 12.7. The topological polar surface area (TPSA) is 57.2 Å². The lowest BCUT2D eigenvalue weighted by Crippen LogP contribution is -2.14. The van der Waals surface area contributed by atoms with Crippen LogP contribution in [0.5, 0.6) is 17.2 Å². The number of rotatable bonds is 13. The van der Waals surface area contributed by atoms with Gasteiger partial charge in [-0.1, -0.05) is 52.3 Å². The highest BCUT2D eigenvalue weighted by Gasteiger charge is 2.29. The molecule has 0 radical (unpaired) electrons. The van der Waals surface area contributed by atoms with Crippen LogP contribution in [0.1, 0.15) is 25.3 Å². The summed E-state index contributed by atoms with van der Waals surface area (Å²) in [5, 5.41) is 14.5. The number of thiophene rings is 1. The number of ether oxygens (including phenoxy) is 4. The Morgan fingerprint density at radius 2 is 1.53 bits per heavy atom. The van der Waals surface area contributed by atoms with Crippen LogP contribution >= 0.6 is 55.0 Å². The highest BCUT2D eigenvalue weighted by atomic mass is 79.9. The van der Waals surface area contributed by atoms with Gasteiger partial charge in [-0.15, -0.1) is 23.1 Å². The number of aliphatic hydroxyl groups is 1. The van der Waals surface area contributed by atoms with Crippen LogP contribution in [0.25, 0.3) is 16.7 Å². The molecule has 2 unspecified atom stereocenters. The molecule has 192 valence electrons. The highest BCUT2D eigenvalue weighted by molar-refractivity contribution is 9.11. The smallest absolute Gasteiger partial charge is 0.189 e. The van der Waals surface area contributed by atoms with Gasteiger partial charge in [0.2, 0.25) is 0 Å². The van der Waals surface area contributed by atoms with Gasteiger partial charge in [-0.2, -0.15) is 0 Å². The Labute approximate surface area is 237 Å². The van der Waals surface area contributed by atoms with Crippen molar-refractivity contribution < 1.29 is 24.1 Å². The van der Waals surface area contributed by atoms with Crippen LogP contribution in [0.15, 0.2) is 63.1 Å². The normalized spacial score (nSPS) is 17.2. The van der Waals surface area contributed by atoms with E-state index in [-0.39, 0.29) is 11.0 Å². The van der Waals surface area contributed by atoms with Gasteiger partial charge in [0.1, 0.15) is 21.4 Å². The zero-order valence-electron chi connectivity index (χ0n) is 19.8. The van der Waals surface area contributed by atoms with Gasteiger partial charge in [-0.25, -0.2) is 0 Å². The number of unbranched alkanes of at least 4 members (excludes halogenated alkanes) is 1. The van der Waals surface area contributed by atoms with E-state index in [2.05, 4.69) is 37.2 Å². The molecule has 9 heteroatoms. The largest absolute Gasteiger partial charge is 0.493 e. The Kier molecular flexibility index (Phi) is 10.6. The molecule has 2 heterocycles. The van der Waals surface area contributed by atoms with Crippen molar-refractivity contribution in [3.63, 3.8) is 0 Å². The van der Waals surface area contributed by atoms with E-state index in [4.69, 9.17) is 18.9 Å². The lowest BCUT2D eigenvalue weighted by molar-refractivity contribution is 0.0226. The summed E-state index contributed by atoms with van der Waals surface area (Å²) in [5.74, 6) is 2.38. The fourth-order valence-corrected chi connectivity index (χ4v) is 6.48. The quantitative estimate of drug-likeness (QED) is 0.115. The van der Waals surface area contributed by atoms with Crippen LogP contribution in [0.4, 0.5) is 0 Å². The van der Waals surface area contributed by atoms with Crippen molar-refractivity contribution in [2.24, 2.45) is 0 Å². The second kappa shape index (κ2) is 13.9. The van der Waals surface area contributed by atoms with Gasteiger partial charge in [0.25, 0.3) is 0 Å². The van der Waals surface area contributed by atoms with Crippen molar-refractivity contribution in [1.82, 2.24) is 0 Å². The maximum absolute atomic E-state index is 10.4. The molecule has 0 amide bonds. The van der Waals surface area contributed by atoms with Crippen LogP contribution in [-0.2, 0) is 4.74 Å². The van der Waals surface area contributed by atoms with Crippen LogP contribution in [0, 0.1) is 0 Å². The Hall–Kier alpha value is -1.49. The molecule has 0 bridgehead atoms. The molecule has 4 rings (SSSR count). The van der Waals surface area contributed by atoms with E-state index in [9.17, 15) is 5.11 Å². The Morgan fingerprint density at radius 3 is 2.17 bits per heavy atom. The average molecular weight is 656 g/mol. The number of hydrogen-bond donors (Lipinski definition) is 1. The molecule has 3 aromatic rings. The summed E-state index contributed by atoms with van der Waals surface area (Å²) in [4.78, 5) is 0. The van der Waals surface area contributed by atoms with Gasteiger partial charge < -0.3 is 24.1 Å². The lowest BCUT2D eigenvalue weighted by Gasteiger charge is -2.16. The number of halogens is 2. The number of thioether (sulfide) groups is 1. The fraction of sp³-hybridized carbons (Fsp3) is 0.333. The molecular formula is C27H28Br2O5S2. The van der Waals surface area contributed by atoms with Crippen LogP contribution in [-0.4, -0.2) is 42.0 Å². The lowest BCUT2D eigenvalue weighted by atomic mass is 10.0. The summed E-state index contributed by atoms with van der Waals surface area (Å²) in [6.45, 7) is 3.89. The van der Waals surface area contributed by atoms with Crippen LogP contribution in [0.3, 0.4) is 0 Å². The molecule has 1 N–H and O–H groups in total. The summed E-state index contributed by atoms with van der Waals surface area (Å²) in [5.41, 5.74) is 3.80. The number of alkyl halides is 1. The first-order valence-electron chi connectivity index (χ1n) is 11.7. The van der Waals surface area contributed by atoms with Gasteiger partial charge in [-0.05, 0) is 58.8 Å². The first-order valence-corrected chi connectivity index (χ1v) is 15.2. The minimum Gasteiger partial charge on any atom is -0.493 e. The highest BCUT2D eigenvalue weighted by Crippen LogP contribution is 2.45. The summed E-state index contributed by atoms with van der Waals surface area (Å²) >= 11 is 10.2. The molecule has 0 saturated heterocycles. The predicted molar refractivity (Wildman–Crippen MR) is 156 cm³/mol. The zero-order chi connectivity index (χ0) is 25.3. The standard InChI is InChI=1S/C27H28Br2O5S2/c1-2-31-17-34-25-21(16-36-27(25)29)19-10-4-6-12-23(19)33-14-8-7-13-32-22-11-5-3-9-18(22)20-15-35-26(28)24(20)30/h3-6,9-12,15-16,24,26,30H,2,7-8,13-14,17H2,1H3. The maximum atomic E-state index is 10.4. The Bertz CT molecular complexity index is 1170. The van der Waals surface area contributed by atoms with Gasteiger partial charge in [-0.3, -0.25) is 0 Å². The molecule has 0 spiro atoms. The molecule has 0 fully saturated rings. The number of hydrogen-bond acceptors (Lipinski definition) is 7. The molecule has 36 heavy (non-hydrogen) atoms. The van der Waals surface area contributed by atoms with Crippen molar-refractivity contribution in [2.45, 2.75) is 30.0 Å². The summed E-state index contributed by atoms with van der Waals surface area (Å²) in [6, 6.07) is 15.9. The van der Waals surface area contributed by atoms with E-state index in [0.717, 1.165) is 56.1 Å². The minimum atomic E-state index is -0.554. The fourth-order valence-electron chi connectivity index (χ4n) is 3.69. The van der Waals surface area contributed by atoms with E-state index in [0.29, 0.717) is 19.8 Å². The minimum absolute atomic E-state index is 0.0249. The van der Waals surface area contributed by atoms with Crippen molar-refractivity contribution in [3.8, 4) is 28.4 Å². The molecule has 1 aromatic heterocycles. The molecule has 5 nitrogen and oxygen atoms in total. The zero-order valence-corrected chi connectivity index (χ0v) is 24.6. The van der Waals surface area contributed by atoms with E-state index in [1.807, 2.05) is 60.9 Å². The predicted octanol–water partition coefficient (Wildman–Crippen LogP) is 7.96. The van der Waals surface area contributed by atoms with Crippen molar-refractivity contribution in [3.05, 3.63) is 68.7 Å². The van der Waals surface area contributed by atoms with E-state index in [1.54, 1.807) is 23.1 Å². The van der Waals surface area contributed by atoms with Gasteiger partial charge in [0, 0.05) is 28.7 Å². The van der Waals surface area contributed by atoms with Crippen molar-refractivity contribution in [2.75, 3.05) is 26.6 Å². The molecule has 2 aromatic carbocycles. The second-order valence-electron chi connectivity index (χ2n) is 7.91. The first-order chi connectivity index (χ1) is 17.6.